The van der Waals surface area contributed by atoms with E-state index >= 15 is 0 Å². The maximum atomic E-state index is 14.1. The summed E-state index contributed by atoms with van der Waals surface area (Å²) in [6.07, 6.45) is -3.09. The number of carbonyl (C=O) groups excluding carboxylic acids is 1. The lowest BCUT2D eigenvalue weighted by molar-refractivity contribution is -0.303. The predicted molar refractivity (Wildman–Crippen MR) is 169 cm³/mol. The molecule has 0 bridgehead atoms. The smallest absolute Gasteiger partial charge is 0.317 e. The molecule has 2 saturated heterocycles. The first-order chi connectivity index (χ1) is 21.7. The van der Waals surface area contributed by atoms with Crippen LogP contribution in [0.1, 0.15) is 106 Å². The van der Waals surface area contributed by atoms with Crippen molar-refractivity contribution in [2.75, 3.05) is 6.61 Å². The molecule has 270 valence electrons. The molecule has 17 atom stereocenters. The van der Waals surface area contributed by atoms with Gasteiger partial charge in [-0.15, -0.1) is 0 Å². The van der Waals surface area contributed by atoms with Gasteiger partial charge in [0.05, 0.1) is 41.5 Å². The maximum Gasteiger partial charge on any atom is 0.317 e. The Morgan fingerprint density at radius 2 is 1.45 bits per heavy atom. The molecule has 0 spiro atoms. The van der Waals surface area contributed by atoms with Gasteiger partial charge in [0.1, 0.15) is 24.4 Å². The van der Waals surface area contributed by atoms with Gasteiger partial charge in [0.25, 0.3) is 0 Å². The average Bonchev–Trinajstić information content (AvgIpc) is 3.54. The molecule has 0 aromatic rings. The molecule has 6 aliphatic rings. The maximum absolute atomic E-state index is 14.1. The van der Waals surface area contributed by atoms with Crippen molar-refractivity contribution in [1.82, 2.24) is 0 Å². The Bertz CT molecular complexity index is 1210. The highest BCUT2D eigenvalue weighted by atomic mass is 16.7. The van der Waals surface area contributed by atoms with Crippen LogP contribution in [0, 0.1) is 45.3 Å². The Labute approximate surface area is 279 Å². The Hall–Kier alpha value is -0.890. The molecule has 0 amide bonds. The summed E-state index contributed by atoms with van der Waals surface area (Å²) < 4.78 is 17.9. The molecule has 6 rings (SSSR count). The fourth-order valence-corrected chi connectivity index (χ4v) is 12.4. The van der Waals surface area contributed by atoms with Gasteiger partial charge in [-0.05, 0) is 114 Å². The molecule has 0 aromatic heterocycles. The minimum Gasteiger partial charge on any atom is -0.432 e. The van der Waals surface area contributed by atoms with Gasteiger partial charge in [-0.3, -0.25) is 4.79 Å². The van der Waals surface area contributed by atoms with Gasteiger partial charge >= 0.3 is 5.97 Å². The first-order valence-corrected chi connectivity index (χ1v) is 18.0. The molecular weight excluding hydrogens is 608 g/mol. The molecule has 4 saturated carbocycles. The standard InChI is InChI=1S/C36H60O11/c1-31(2,44)25-12-15-34(5,47-25)21-11-14-32(3)18-8-9-22-35(6,19(18)10-13-33(21,32)4)23(38)16-24(39)36(22,7)30(43)46-29-28(42)27(41)26(40)20(17-37)45-29/h18-29,37-42,44H,8-17H2,1-7H3/t18-,19+,20-,21+,22+,23+,24-,25-,26-,27+,28-,29+,32+,33-,34+,35-,36-/m0/s1. The molecule has 4 aliphatic carbocycles. The lowest BCUT2D eigenvalue weighted by Crippen LogP contribution is -2.69. The summed E-state index contributed by atoms with van der Waals surface area (Å²) in [6.45, 7) is 13.9. The summed E-state index contributed by atoms with van der Waals surface area (Å²) in [5.74, 6) is -0.507. The number of aliphatic hydroxyl groups is 7. The van der Waals surface area contributed by atoms with E-state index in [1.807, 2.05) is 13.8 Å². The highest BCUT2D eigenvalue weighted by Crippen LogP contribution is 2.75. The second-order valence-electron chi connectivity index (χ2n) is 17.9. The van der Waals surface area contributed by atoms with E-state index in [-0.39, 0.29) is 40.8 Å². The van der Waals surface area contributed by atoms with Crippen molar-refractivity contribution in [3.63, 3.8) is 0 Å². The van der Waals surface area contributed by atoms with Crippen LogP contribution in [0.4, 0.5) is 0 Å². The first kappa shape index (κ1) is 35.9. The SMILES string of the molecule is CC(C)(O)[C@@H]1CC[C@](C)([C@@H]2CC[C@]3(C)[C@H]4CC[C@H]5[C@](C)(C(=O)O[C@H]6O[C@@H](CO)[C@H](O)[C@@H](O)[C@@H]6O)[C@@H](O)C[C@@H](O)[C@@]5(C)[C@@H]4CC[C@@]23C)O1. The topological polar surface area (TPSA) is 186 Å². The molecule has 11 heteroatoms. The van der Waals surface area contributed by atoms with Crippen LogP contribution < -0.4 is 0 Å². The van der Waals surface area contributed by atoms with Crippen molar-refractivity contribution >= 4 is 5.97 Å². The Balaban J connectivity index is 1.27. The van der Waals surface area contributed by atoms with Crippen molar-refractivity contribution in [2.45, 2.75) is 166 Å². The second kappa shape index (κ2) is 11.6. The Kier molecular flexibility index (Phi) is 8.84. The molecule has 2 heterocycles. The monoisotopic (exact) mass is 668 g/mol. The van der Waals surface area contributed by atoms with Gasteiger partial charge in [0.2, 0.25) is 6.29 Å². The molecule has 7 N–H and O–H groups in total. The van der Waals surface area contributed by atoms with Gasteiger partial charge in [-0.25, -0.2) is 0 Å². The molecule has 2 aliphatic heterocycles. The summed E-state index contributed by atoms with van der Waals surface area (Å²) in [5, 5.41) is 74.8. The van der Waals surface area contributed by atoms with Crippen LogP contribution in [0.25, 0.3) is 0 Å². The molecule has 0 aromatic carbocycles. The zero-order valence-corrected chi connectivity index (χ0v) is 29.3. The number of hydrogen-bond donors (Lipinski definition) is 7. The highest BCUT2D eigenvalue weighted by molar-refractivity contribution is 5.78. The number of hydrogen-bond acceptors (Lipinski definition) is 11. The van der Waals surface area contributed by atoms with E-state index < -0.39 is 77.8 Å². The first-order valence-electron chi connectivity index (χ1n) is 18.0. The summed E-state index contributed by atoms with van der Waals surface area (Å²) in [5.41, 5.74) is -3.40. The van der Waals surface area contributed by atoms with Crippen molar-refractivity contribution in [3.05, 3.63) is 0 Å². The normalized spacial score (nSPS) is 56.4. The van der Waals surface area contributed by atoms with Gasteiger partial charge < -0.3 is 50.0 Å². The fraction of sp³-hybridized carbons (Fsp3) is 0.972. The van der Waals surface area contributed by atoms with Gasteiger partial charge in [0, 0.05) is 11.8 Å². The summed E-state index contributed by atoms with van der Waals surface area (Å²) in [4.78, 5) is 14.1. The van der Waals surface area contributed by atoms with Gasteiger partial charge in [-0.1, -0.05) is 20.8 Å². The van der Waals surface area contributed by atoms with Crippen molar-refractivity contribution < 1.29 is 54.8 Å². The summed E-state index contributed by atoms with van der Waals surface area (Å²) >= 11 is 0. The fourth-order valence-electron chi connectivity index (χ4n) is 12.4. The van der Waals surface area contributed by atoms with E-state index in [0.29, 0.717) is 12.3 Å². The minimum absolute atomic E-state index is 0.00263. The lowest BCUT2D eigenvalue weighted by atomic mass is 9.37. The van der Waals surface area contributed by atoms with E-state index in [4.69, 9.17) is 14.2 Å². The molecule has 0 radical (unpaired) electrons. The number of esters is 1. The van der Waals surface area contributed by atoms with E-state index in [1.165, 1.54) is 0 Å². The summed E-state index contributed by atoms with van der Waals surface area (Å²) in [6, 6.07) is 0. The number of rotatable bonds is 5. The number of ether oxygens (including phenoxy) is 3. The van der Waals surface area contributed by atoms with Crippen LogP contribution in [0.5, 0.6) is 0 Å². The van der Waals surface area contributed by atoms with E-state index in [2.05, 4.69) is 27.7 Å². The molecular formula is C36H60O11. The third kappa shape index (κ3) is 4.95. The van der Waals surface area contributed by atoms with Crippen molar-refractivity contribution in [1.29, 1.82) is 0 Å². The third-order valence-electron chi connectivity index (χ3n) is 15.6. The average molecular weight is 669 g/mol. The zero-order valence-electron chi connectivity index (χ0n) is 29.3. The summed E-state index contributed by atoms with van der Waals surface area (Å²) in [7, 11) is 0. The van der Waals surface area contributed by atoms with E-state index in [1.54, 1.807) is 6.92 Å². The third-order valence-corrected chi connectivity index (χ3v) is 15.6. The molecule has 0 unspecified atom stereocenters. The lowest BCUT2D eigenvalue weighted by Gasteiger charge is -2.68. The number of carbonyl (C=O) groups is 1. The number of fused-ring (bicyclic) bond motifs is 5. The van der Waals surface area contributed by atoms with E-state index in [0.717, 1.165) is 44.9 Å². The zero-order chi connectivity index (χ0) is 34.7. The Morgan fingerprint density at radius 1 is 0.787 bits per heavy atom. The van der Waals surface area contributed by atoms with Gasteiger partial charge in [-0.2, -0.15) is 0 Å². The highest BCUT2D eigenvalue weighted by Gasteiger charge is 2.73. The van der Waals surface area contributed by atoms with Crippen molar-refractivity contribution in [2.24, 2.45) is 45.3 Å². The predicted octanol–water partition coefficient (Wildman–Crippen LogP) is 2.03. The van der Waals surface area contributed by atoms with Crippen LogP contribution in [-0.4, -0.2) is 109 Å². The van der Waals surface area contributed by atoms with Crippen molar-refractivity contribution in [3.8, 4) is 0 Å². The van der Waals surface area contributed by atoms with Crippen LogP contribution in [0.2, 0.25) is 0 Å². The van der Waals surface area contributed by atoms with Crippen LogP contribution in [0.15, 0.2) is 0 Å². The number of aliphatic hydroxyl groups excluding tert-OH is 6. The second-order valence-corrected chi connectivity index (χ2v) is 17.9. The molecule has 11 nitrogen and oxygen atoms in total. The van der Waals surface area contributed by atoms with Crippen LogP contribution >= 0.6 is 0 Å². The van der Waals surface area contributed by atoms with Crippen LogP contribution in [-0.2, 0) is 19.0 Å². The Morgan fingerprint density at radius 3 is 2.06 bits per heavy atom. The quantitative estimate of drug-likeness (QED) is 0.213. The van der Waals surface area contributed by atoms with E-state index in [9.17, 15) is 40.5 Å². The molecule has 47 heavy (non-hydrogen) atoms. The molecule has 6 fully saturated rings. The minimum atomic E-state index is -1.75. The van der Waals surface area contributed by atoms with Crippen LogP contribution in [0.3, 0.4) is 0 Å². The largest absolute Gasteiger partial charge is 0.432 e. The van der Waals surface area contributed by atoms with Gasteiger partial charge in [0.15, 0.2) is 0 Å².